The highest BCUT2D eigenvalue weighted by molar-refractivity contribution is 7.99. The van der Waals surface area contributed by atoms with Gasteiger partial charge < -0.3 is 10.2 Å². The van der Waals surface area contributed by atoms with Crippen LogP contribution in [-0.2, 0) is 0 Å². The number of hydrogen-bond acceptors (Lipinski definition) is 5. The van der Waals surface area contributed by atoms with E-state index in [4.69, 9.17) is 0 Å². The predicted octanol–water partition coefficient (Wildman–Crippen LogP) is 4.55. The van der Waals surface area contributed by atoms with Gasteiger partial charge in [0.15, 0.2) is 0 Å². The van der Waals surface area contributed by atoms with Gasteiger partial charge in [-0.05, 0) is 49.4 Å². The molecule has 0 aromatic heterocycles. The van der Waals surface area contributed by atoms with Crippen LogP contribution in [0.15, 0.2) is 47.4 Å². The fourth-order valence-corrected chi connectivity index (χ4v) is 5.07. The summed E-state index contributed by atoms with van der Waals surface area (Å²) < 4.78 is 0. The Hall–Kier alpha value is -2.54. The number of rotatable bonds is 4. The van der Waals surface area contributed by atoms with E-state index in [1.807, 2.05) is 18.2 Å². The number of nitrogens with one attached hydrogen (secondary N) is 1. The molecular formula is C21H23N3O3S. The van der Waals surface area contributed by atoms with Crippen molar-refractivity contribution in [2.24, 2.45) is 0 Å². The Morgan fingerprint density at radius 3 is 2.71 bits per heavy atom. The maximum atomic E-state index is 12.8. The molecule has 1 N–H and O–H groups in total. The third kappa shape index (κ3) is 3.85. The average molecular weight is 398 g/mol. The molecule has 0 radical (unpaired) electrons. The lowest BCUT2D eigenvalue weighted by molar-refractivity contribution is -0.384. The van der Waals surface area contributed by atoms with Crippen molar-refractivity contribution in [2.45, 2.75) is 36.6 Å². The number of nitrogens with zero attached hydrogens (tertiary/aromatic N) is 2. The van der Waals surface area contributed by atoms with Crippen LogP contribution >= 0.6 is 11.8 Å². The largest absolute Gasteiger partial charge is 0.366 e. The lowest BCUT2D eigenvalue weighted by atomic mass is 10.0. The molecule has 4 rings (SSSR count). The van der Waals surface area contributed by atoms with Crippen molar-refractivity contribution >= 4 is 29.0 Å². The summed E-state index contributed by atoms with van der Waals surface area (Å²) in [5.74, 6) is 0.677. The summed E-state index contributed by atoms with van der Waals surface area (Å²) in [6.45, 7) is 1.64. The molecule has 7 heteroatoms. The van der Waals surface area contributed by atoms with Gasteiger partial charge in [-0.2, -0.15) is 0 Å². The van der Waals surface area contributed by atoms with E-state index in [9.17, 15) is 14.9 Å². The number of nitro benzene ring substituents is 1. The highest BCUT2D eigenvalue weighted by atomic mass is 32.2. The number of piperidine rings is 1. The average Bonchev–Trinajstić information content (AvgIpc) is 2.74. The number of carbonyl (C=O) groups is 1. The van der Waals surface area contributed by atoms with Crippen LogP contribution < -0.4 is 10.2 Å². The summed E-state index contributed by atoms with van der Waals surface area (Å²) in [6, 6.07) is 12.9. The van der Waals surface area contributed by atoms with Crippen molar-refractivity contribution in [2.75, 3.05) is 23.7 Å². The van der Waals surface area contributed by atoms with Gasteiger partial charge in [0.05, 0.1) is 11.0 Å². The molecule has 0 spiro atoms. The summed E-state index contributed by atoms with van der Waals surface area (Å²) >= 11 is 1.79. The Bertz CT molecular complexity index is 896. The molecule has 6 nitrogen and oxygen atoms in total. The highest BCUT2D eigenvalue weighted by Crippen LogP contribution is 2.36. The third-order valence-electron chi connectivity index (χ3n) is 5.39. The first-order chi connectivity index (χ1) is 13.6. The quantitative estimate of drug-likeness (QED) is 0.605. The molecule has 146 valence electrons. The summed E-state index contributed by atoms with van der Waals surface area (Å²) in [6.07, 6.45) is 4.09. The molecule has 2 aliphatic rings. The molecule has 0 aliphatic carbocycles. The SMILES string of the molecule is O=C(NC1CCSc2ccccc21)c1ccc(N2CCCCC2)c([N+](=O)[O-])c1. The maximum Gasteiger partial charge on any atom is 0.293 e. The van der Waals surface area contributed by atoms with E-state index in [1.54, 1.807) is 23.9 Å². The second-order valence-corrected chi connectivity index (χ2v) is 8.35. The zero-order valence-corrected chi connectivity index (χ0v) is 16.4. The first kappa shape index (κ1) is 18.8. The fraction of sp³-hybridized carbons (Fsp3) is 0.381. The third-order valence-corrected chi connectivity index (χ3v) is 6.52. The molecule has 1 unspecified atom stereocenters. The molecule has 2 aromatic carbocycles. The number of nitro groups is 1. The van der Waals surface area contributed by atoms with Crippen LogP contribution in [0.5, 0.6) is 0 Å². The number of anilines is 1. The standard InChI is InChI=1S/C21H23N3O3S/c25-21(22-17-10-13-28-20-7-3-2-6-16(17)20)15-8-9-18(19(14-15)24(26)27)23-11-4-1-5-12-23/h2-3,6-9,14,17H,1,4-5,10-13H2,(H,22,25). The number of benzene rings is 2. The minimum Gasteiger partial charge on any atom is -0.366 e. The fourth-order valence-electron chi connectivity index (χ4n) is 3.95. The van der Waals surface area contributed by atoms with E-state index < -0.39 is 0 Å². The predicted molar refractivity (Wildman–Crippen MR) is 111 cm³/mol. The molecule has 2 aliphatic heterocycles. The first-order valence-corrected chi connectivity index (χ1v) is 10.7. The number of carbonyl (C=O) groups excluding carboxylic acids is 1. The van der Waals surface area contributed by atoms with Crippen molar-refractivity contribution < 1.29 is 9.72 Å². The van der Waals surface area contributed by atoms with Gasteiger partial charge in [0.1, 0.15) is 5.69 Å². The number of amides is 1. The van der Waals surface area contributed by atoms with Gasteiger partial charge in [0, 0.05) is 35.4 Å². The van der Waals surface area contributed by atoms with Crippen LogP contribution in [0.25, 0.3) is 0 Å². The number of fused-ring (bicyclic) bond motifs is 1. The van der Waals surface area contributed by atoms with Gasteiger partial charge in [-0.15, -0.1) is 11.8 Å². The molecule has 1 saturated heterocycles. The Kier molecular flexibility index (Phi) is 5.52. The molecular weight excluding hydrogens is 374 g/mol. The van der Waals surface area contributed by atoms with Crippen LogP contribution in [0.4, 0.5) is 11.4 Å². The monoisotopic (exact) mass is 397 g/mol. The summed E-state index contributed by atoms with van der Waals surface area (Å²) in [5, 5.41) is 14.7. The van der Waals surface area contributed by atoms with Crippen LogP contribution in [0.3, 0.4) is 0 Å². The van der Waals surface area contributed by atoms with Crippen molar-refractivity contribution in [3.8, 4) is 0 Å². The normalized spacial score (nSPS) is 19.0. The van der Waals surface area contributed by atoms with Crippen molar-refractivity contribution in [3.05, 3.63) is 63.7 Å². The van der Waals surface area contributed by atoms with Gasteiger partial charge in [-0.1, -0.05) is 18.2 Å². The van der Waals surface area contributed by atoms with Crippen LogP contribution in [0.2, 0.25) is 0 Å². The Labute approximate surface area is 168 Å². The van der Waals surface area contributed by atoms with E-state index in [1.165, 1.54) is 11.0 Å². The maximum absolute atomic E-state index is 12.8. The highest BCUT2D eigenvalue weighted by Gasteiger charge is 2.26. The van der Waals surface area contributed by atoms with Gasteiger partial charge in [-0.25, -0.2) is 0 Å². The molecule has 2 heterocycles. The van der Waals surface area contributed by atoms with Crippen molar-refractivity contribution in [3.63, 3.8) is 0 Å². The summed E-state index contributed by atoms with van der Waals surface area (Å²) in [5.41, 5.74) is 2.07. The zero-order chi connectivity index (χ0) is 19.5. The number of hydrogen-bond donors (Lipinski definition) is 1. The minimum atomic E-state index is -0.382. The van der Waals surface area contributed by atoms with E-state index in [0.29, 0.717) is 11.3 Å². The Balaban J connectivity index is 1.56. The van der Waals surface area contributed by atoms with Crippen molar-refractivity contribution in [1.82, 2.24) is 5.32 Å². The Morgan fingerprint density at radius 1 is 1.14 bits per heavy atom. The zero-order valence-electron chi connectivity index (χ0n) is 15.6. The van der Waals surface area contributed by atoms with Gasteiger partial charge in [0.2, 0.25) is 0 Å². The van der Waals surface area contributed by atoms with E-state index in [0.717, 1.165) is 50.1 Å². The van der Waals surface area contributed by atoms with Gasteiger partial charge in [-0.3, -0.25) is 14.9 Å². The second-order valence-electron chi connectivity index (χ2n) is 7.21. The lowest BCUT2D eigenvalue weighted by Crippen LogP contribution is -2.31. The van der Waals surface area contributed by atoms with Crippen LogP contribution in [0.1, 0.15) is 47.6 Å². The van der Waals surface area contributed by atoms with E-state index in [-0.39, 0.29) is 22.6 Å². The molecule has 1 atom stereocenters. The smallest absolute Gasteiger partial charge is 0.293 e. The van der Waals surface area contributed by atoms with Crippen molar-refractivity contribution in [1.29, 1.82) is 0 Å². The van der Waals surface area contributed by atoms with E-state index in [2.05, 4.69) is 16.3 Å². The number of thioether (sulfide) groups is 1. The molecule has 1 amide bonds. The molecule has 1 fully saturated rings. The second kappa shape index (κ2) is 8.22. The van der Waals surface area contributed by atoms with E-state index >= 15 is 0 Å². The minimum absolute atomic E-state index is 0.00847. The van der Waals surface area contributed by atoms with Crippen LogP contribution in [-0.4, -0.2) is 29.7 Å². The first-order valence-electron chi connectivity index (χ1n) is 9.69. The van der Waals surface area contributed by atoms with Gasteiger partial charge >= 0.3 is 0 Å². The van der Waals surface area contributed by atoms with Gasteiger partial charge in [0.25, 0.3) is 11.6 Å². The molecule has 28 heavy (non-hydrogen) atoms. The Morgan fingerprint density at radius 2 is 1.93 bits per heavy atom. The topological polar surface area (TPSA) is 75.5 Å². The summed E-state index contributed by atoms with van der Waals surface area (Å²) in [7, 11) is 0. The molecule has 0 saturated carbocycles. The molecule has 2 aromatic rings. The van der Waals surface area contributed by atoms with Crippen LogP contribution in [0, 0.1) is 10.1 Å². The lowest BCUT2D eigenvalue weighted by Gasteiger charge is -2.28. The summed E-state index contributed by atoms with van der Waals surface area (Å²) in [4.78, 5) is 27.3. The molecule has 0 bridgehead atoms.